The van der Waals surface area contributed by atoms with Gasteiger partial charge in [-0.15, -0.1) is 0 Å². The van der Waals surface area contributed by atoms with E-state index in [1.54, 1.807) is 49.4 Å². The van der Waals surface area contributed by atoms with Crippen molar-refractivity contribution in [3.63, 3.8) is 0 Å². The molecule has 3 aromatic rings. The van der Waals surface area contributed by atoms with Crippen molar-refractivity contribution < 1.29 is 28.1 Å². The third-order valence-electron chi connectivity index (χ3n) is 4.44. The van der Waals surface area contributed by atoms with Crippen LogP contribution in [0.2, 0.25) is 0 Å². The van der Waals surface area contributed by atoms with Gasteiger partial charge in [0.1, 0.15) is 11.5 Å². The summed E-state index contributed by atoms with van der Waals surface area (Å²) in [5.41, 5.74) is 0.779. The molecule has 3 aromatic carbocycles. The largest absolute Gasteiger partial charge is 0.427 e. The van der Waals surface area contributed by atoms with E-state index in [2.05, 4.69) is 4.36 Å². The number of hydrogen-bond acceptors (Lipinski definition) is 6. The summed E-state index contributed by atoms with van der Waals surface area (Å²) in [5, 5.41) is 0. The summed E-state index contributed by atoms with van der Waals surface area (Å²) in [5.74, 6) is -1.63. The van der Waals surface area contributed by atoms with Crippen LogP contribution in [0.4, 0.5) is 0 Å². The third kappa shape index (κ3) is 5.47. The van der Waals surface area contributed by atoms with Crippen molar-refractivity contribution in [2.75, 3.05) is 6.26 Å². The Kier molecular flexibility index (Phi) is 6.85. The van der Waals surface area contributed by atoms with Crippen LogP contribution < -0.4 is 9.47 Å². The highest BCUT2D eigenvalue weighted by molar-refractivity contribution is 7.93. The summed E-state index contributed by atoms with van der Waals surface area (Å²) in [6.45, 7) is 2.95. The van der Waals surface area contributed by atoms with E-state index in [1.807, 2.05) is 0 Å². The molecule has 0 fully saturated rings. The fourth-order valence-corrected chi connectivity index (χ4v) is 4.09. The lowest BCUT2D eigenvalue weighted by molar-refractivity contribution is -0.131. The normalized spacial score (nSPS) is 12.3. The zero-order chi connectivity index (χ0) is 23.3. The molecule has 0 aliphatic heterocycles. The zero-order valence-corrected chi connectivity index (χ0v) is 18.5. The van der Waals surface area contributed by atoms with Crippen LogP contribution in [0, 0.1) is 6.92 Å². The van der Waals surface area contributed by atoms with E-state index < -0.39 is 27.6 Å². The van der Waals surface area contributed by atoms with E-state index in [-0.39, 0.29) is 22.6 Å². The van der Waals surface area contributed by atoms with E-state index in [9.17, 15) is 18.6 Å². The molecule has 0 heterocycles. The highest BCUT2D eigenvalue weighted by atomic mass is 32.2. The molecule has 0 aliphatic rings. The molecule has 1 amide bonds. The summed E-state index contributed by atoms with van der Waals surface area (Å²) in [6, 6.07) is 19.1. The Labute approximate surface area is 186 Å². The number of amides is 1. The Morgan fingerprint density at radius 1 is 0.844 bits per heavy atom. The van der Waals surface area contributed by atoms with Gasteiger partial charge in [0, 0.05) is 18.1 Å². The summed E-state index contributed by atoms with van der Waals surface area (Å²) >= 11 is 0. The van der Waals surface area contributed by atoms with Crippen LogP contribution in [0.15, 0.2) is 82.1 Å². The van der Waals surface area contributed by atoms with Crippen molar-refractivity contribution in [3.05, 3.63) is 89.5 Å². The van der Waals surface area contributed by atoms with E-state index in [0.717, 1.165) is 0 Å². The summed E-state index contributed by atoms with van der Waals surface area (Å²) in [6.07, 6.45) is 1.38. The minimum atomic E-state index is -2.99. The smallest absolute Gasteiger partial charge is 0.343 e. The maximum atomic E-state index is 13.0. The lowest BCUT2D eigenvalue weighted by Crippen LogP contribution is -2.13. The van der Waals surface area contributed by atoms with E-state index in [1.165, 1.54) is 43.5 Å². The fraction of sp³-hybridized carbons (Fsp3) is 0.125. The average molecular weight is 452 g/mol. The van der Waals surface area contributed by atoms with Gasteiger partial charge in [0.05, 0.1) is 20.9 Å². The lowest BCUT2D eigenvalue weighted by Gasteiger charge is -2.11. The first-order valence-corrected chi connectivity index (χ1v) is 11.5. The first kappa shape index (κ1) is 22.9. The molecular formula is C24H21NO6S. The second-order valence-corrected chi connectivity index (χ2v) is 9.23. The van der Waals surface area contributed by atoms with Crippen LogP contribution in [0.1, 0.15) is 33.2 Å². The van der Waals surface area contributed by atoms with Gasteiger partial charge >= 0.3 is 11.9 Å². The maximum absolute atomic E-state index is 13.0. The van der Waals surface area contributed by atoms with Crippen LogP contribution in [-0.2, 0) is 14.5 Å². The minimum absolute atomic E-state index is 0.0103. The van der Waals surface area contributed by atoms with Gasteiger partial charge in [0.2, 0.25) is 0 Å². The molecule has 164 valence electrons. The zero-order valence-electron chi connectivity index (χ0n) is 17.7. The molecule has 0 N–H and O–H groups in total. The number of nitrogens with zero attached hydrogens (tertiary/aromatic N) is 1. The fourth-order valence-electron chi connectivity index (χ4n) is 2.91. The molecule has 0 saturated carbocycles. The quantitative estimate of drug-likeness (QED) is 0.420. The first-order valence-electron chi connectivity index (χ1n) is 9.59. The Morgan fingerprint density at radius 3 is 2.12 bits per heavy atom. The molecule has 3 rings (SSSR count). The van der Waals surface area contributed by atoms with Crippen molar-refractivity contribution in [3.8, 4) is 11.5 Å². The lowest BCUT2D eigenvalue weighted by atomic mass is 10.1. The highest BCUT2D eigenvalue weighted by Gasteiger charge is 2.20. The predicted molar refractivity (Wildman–Crippen MR) is 119 cm³/mol. The van der Waals surface area contributed by atoms with Gasteiger partial charge in [-0.25, -0.2) is 9.00 Å². The van der Waals surface area contributed by atoms with Crippen LogP contribution in [0.25, 0.3) is 0 Å². The minimum Gasteiger partial charge on any atom is -0.427 e. The van der Waals surface area contributed by atoms with E-state index in [4.69, 9.17) is 9.47 Å². The summed E-state index contributed by atoms with van der Waals surface area (Å²) in [4.78, 5) is 37.0. The molecule has 8 heteroatoms. The summed E-state index contributed by atoms with van der Waals surface area (Å²) < 4.78 is 27.3. The number of esters is 2. The number of ether oxygens (including phenoxy) is 2. The van der Waals surface area contributed by atoms with Crippen molar-refractivity contribution in [2.24, 2.45) is 4.36 Å². The Balaban J connectivity index is 1.90. The average Bonchev–Trinajstić information content (AvgIpc) is 2.74. The number of aryl methyl sites for hydroxylation is 1. The molecule has 1 unspecified atom stereocenters. The third-order valence-corrected chi connectivity index (χ3v) is 6.10. The Hall–Kier alpha value is -3.78. The Morgan fingerprint density at radius 2 is 1.50 bits per heavy atom. The topological polar surface area (TPSA) is 99.1 Å². The van der Waals surface area contributed by atoms with Gasteiger partial charge in [-0.1, -0.05) is 30.3 Å². The molecule has 7 nitrogen and oxygen atoms in total. The van der Waals surface area contributed by atoms with Crippen molar-refractivity contribution in [2.45, 2.75) is 18.7 Å². The van der Waals surface area contributed by atoms with Crippen LogP contribution >= 0.6 is 0 Å². The van der Waals surface area contributed by atoms with Gasteiger partial charge < -0.3 is 9.47 Å². The van der Waals surface area contributed by atoms with Crippen molar-refractivity contribution in [1.82, 2.24) is 0 Å². The molecule has 0 saturated heterocycles. The SMILES string of the molecule is CC(=O)Oc1ccc(C(=O)Oc2cccc(C)c2C(=O)N=S(C)(=O)c2ccccc2)cc1. The standard InChI is InChI=1S/C24H21NO6S/c1-16-8-7-11-21(31-24(28)18-12-14-19(15-13-18)30-17(2)26)22(16)23(27)25-32(3,29)20-9-5-4-6-10-20/h4-15H,1-3H3. The van der Waals surface area contributed by atoms with Gasteiger partial charge in [0.25, 0.3) is 5.91 Å². The monoisotopic (exact) mass is 451 g/mol. The molecule has 32 heavy (non-hydrogen) atoms. The van der Waals surface area contributed by atoms with E-state index >= 15 is 0 Å². The predicted octanol–water partition coefficient (Wildman–Crippen LogP) is 4.44. The van der Waals surface area contributed by atoms with Gasteiger partial charge in [-0.05, 0) is 55.0 Å². The summed E-state index contributed by atoms with van der Waals surface area (Å²) in [7, 11) is -2.99. The maximum Gasteiger partial charge on any atom is 0.343 e. The van der Waals surface area contributed by atoms with Crippen LogP contribution in [-0.4, -0.2) is 28.3 Å². The molecule has 0 aromatic heterocycles. The first-order chi connectivity index (χ1) is 15.2. The number of hydrogen-bond donors (Lipinski definition) is 0. The van der Waals surface area contributed by atoms with Crippen molar-refractivity contribution in [1.29, 1.82) is 0 Å². The molecule has 0 radical (unpaired) electrons. The molecule has 0 spiro atoms. The molecule has 0 bridgehead atoms. The van der Waals surface area contributed by atoms with Gasteiger partial charge in [0.15, 0.2) is 0 Å². The van der Waals surface area contributed by atoms with E-state index in [0.29, 0.717) is 10.5 Å². The number of rotatable bonds is 5. The molecule has 0 aliphatic carbocycles. The second-order valence-electron chi connectivity index (χ2n) is 6.97. The molecule has 1 atom stereocenters. The number of carbonyl (C=O) groups excluding carboxylic acids is 3. The van der Waals surface area contributed by atoms with Crippen LogP contribution in [0.3, 0.4) is 0 Å². The number of benzene rings is 3. The van der Waals surface area contributed by atoms with Gasteiger partial charge in [-0.3, -0.25) is 9.59 Å². The van der Waals surface area contributed by atoms with Crippen molar-refractivity contribution >= 4 is 27.6 Å². The Bertz CT molecular complexity index is 1290. The highest BCUT2D eigenvalue weighted by Crippen LogP contribution is 2.26. The second kappa shape index (κ2) is 9.57. The van der Waals surface area contributed by atoms with Gasteiger partial charge in [-0.2, -0.15) is 4.36 Å². The molecular weight excluding hydrogens is 430 g/mol. The van der Waals surface area contributed by atoms with Crippen LogP contribution in [0.5, 0.6) is 11.5 Å². The number of carbonyl (C=O) groups is 3.